The number of rotatable bonds is 2. The highest BCUT2D eigenvalue weighted by molar-refractivity contribution is 9.10. The molecule has 1 aromatic rings. The third-order valence-electron chi connectivity index (χ3n) is 3.43. The number of halogens is 1. The van der Waals surface area contributed by atoms with Crippen LogP contribution in [0.5, 0.6) is 0 Å². The lowest BCUT2D eigenvalue weighted by molar-refractivity contribution is 0.0692. The monoisotopic (exact) mass is 325 g/mol. The van der Waals surface area contributed by atoms with Crippen molar-refractivity contribution in [3.8, 4) is 0 Å². The molecule has 1 saturated heterocycles. The molecule has 19 heavy (non-hydrogen) atoms. The van der Waals surface area contributed by atoms with Gasteiger partial charge in [-0.05, 0) is 50.3 Å². The van der Waals surface area contributed by atoms with Crippen LogP contribution in [0.1, 0.15) is 38.2 Å². The molecule has 0 bridgehead atoms. The minimum absolute atomic E-state index is 0.0447. The summed E-state index contributed by atoms with van der Waals surface area (Å²) in [6, 6.07) is 8.48. The van der Waals surface area contributed by atoms with E-state index in [0.717, 1.165) is 30.4 Å². The van der Waals surface area contributed by atoms with Gasteiger partial charge in [-0.25, -0.2) is 4.79 Å². The molecule has 2 rings (SSSR count). The summed E-state index contributed by atoms with van der Waals surface area (Å²) in [6.07, 6.45) is 1.80. The molecular formula is C15H20BrNO2. The van der Waals surface area contributed by atoms with E-state index >= 15 is 0 Å². The Kier molecular flexibility index (Phi) is 4.86. The molecule has 1 aromatic carbocycles. The normalized spacial score (nSPS) is 16.7. The molecule has 0 aliphatic carbocycles. The molecule has 0 unspecified atom stereocenters. The first kappa shape index (κ1) is 14.4. The number of benzene rings is 1. The van der Waals surface area contributed by atoms with E-state index in [4.69, 9.17) is 4.74 Å². The average molecular weight is 326 g/mol. The van der Waals surface area contributed by atoms with Gasteiger partial charge in [0.1, 0.15) is 0 Å². The fourth-order valence-corrected chi connectivity index (χ4v) is 2.67. The molecule has 4 heteroatoms. The molecule has 0 spiro atoms. The van der Waals surface area contributed by atoms with Crippen LogP contribution in [-0.4, -0.2) is 30.2 Å². The zero-order valence-corrected chi connectivity index (χ0v) is 13.0. The van der Waals surface area contributed by atoms with Crippen molar-refractivity contribution >= 4 is 22.0 Å². The quantitative estimate of drug-likeness (QED) is 0.816. The molecule has 1 aliphatic rings. The van der Waals surface area contributed by atoms with Gasteiger partial charge < -0.3 is 9.64 Å². The van der Waals surface area contributed by atoms with E-state index in [1.807, 2.05) is 18.7 Å². The van der Waals surface area contributed by atoms with Crippen molar-refractivity contribution in [1.29, 1.82) is 0 Å². The van der Waals surface area contributed by atoms with E-state index in [1.165, 1.54) is 5.56 Å². The van der Waals surface area contributed by atoms with Crippen molar-refractivity contribution in [3.63, 3.8) is 0 Å². The summed E-state index contributed by atoms with van der Waals surface area (Å²) in [7, 11) is 0. The summed E-state index contributed by atoms with van der Waals surface area (Å²) in [5, 5.41) is 0. The lowest BCUT2D eigenvalue weighted by Crippen LogP contribution is -2.39. The Hall–Kier alpha value is -1.03. The fraction of sp³-hybridized carbons (Fsp3) is 0.533. The Balaban J connectivity index is 1.88. The maximum atomic E-state index is 11.8. The van der Waals surface area contributed by atoms with Crippen LogP contribution in [0.3, 0.4) is 0 Å². The van der Waals surface area contributed by atoms with Crippen molar-refractivity contribution < 1.29 is 9.53 Å². The summed E-state index contributed by atoms with van der Waals surface area (Å²) in [5.41, 5.74) is 1.36. The van der Waals surface area contributed by atoms with E-state index in [1.54, 1.807) is 0 Å². The molecule has 0 N–H and O–H groups in total. The smallest absolute Gasteiger partial charge is 0.410 e. The summed E-state index contributed by atoms with van der Waals surface area (Å²) >= 11 is 3.45. The van der Waals surface area contributed by atoms with E-state index in [9.17, 15) is 4.79 Å². The lowest BCUT2D eigenvalue weighted by Gasteiger charge is -2.32. The Morgan fingerprint density at radius 2 is 1.84 bits per heavy atom. The second-order valence-corrected chi connectivity index (χ2v) is 6.16. The van der Waals surface area contributed by atoms with Crippen LogP contribution in [0.4, 0.5) is 4.79 Å². The minimum atomic E-state index is -0.177. The molecule has 1 amide bonds. The molecule has 0 aromatic heterocycles. The number of carbonyl (C=O) groups is 1. The largest absolute Gasteiger partial charge is 0.447 e. The van der Waals surface area contributed by atoms with Crippen LogP contribution < -0.4 is 0 Å². The molecule has 3 nitrogen and oxygen atoms in total. The van der Waals surface area contributed by atoms with Gasteiger partial charge in [-0.1, -0.05) is 28.1 Å². The van der Waals surface area contributed by atoms with Crippen LogP contribution in [0.15, 0.2) is 28.7 Å². The Morgan fingerprint density at radius 3 is 2.37 bits per heavy atom. The maximum Gasteiger partial charge on any atom is 0.410 e. The van der Waals surface area contributed by atoms with E-state index < -0.39 is 0 Å². The summed E-state index contributed by atoms with van der Waals surface area (Å²) in [6.45, 7) is 5.33. The molecule has 0 atom stereocenters. The second kappa shape index (κ2) is 6.42. The van der Waals surface area contributed by atoms with Crippen molar-refractivity contribution in [3.05, 3.63) is 34.3 Å². The molecular weight excluding hydrogens is 306 g/mol. The van der Waals surface area contributed by atoms with Crippen LogP contribution in [0, 0.1) is 0 Å². The highest BCUT2D eigenvalue weighted by atomic mass is 79.9. The van der Waals surface area contributed by atoms with Gasteiger partial charge in [-0.3, -0.25) is 0 Å². The fourth-order valence-electron chi connectivity index (χ4n) is 2.41. The van der Waals surface area contributed by atoms with Crippen molar-refractivity contribution in [2.24, 2.45) is 0 Å². The highest BCUT2D eigenvalue weighted by Crippen LogP contribution is 2.29. The van der Waals surface area contributed by atoms with Crippen molar-refractivity contribution in [2.75, 3.05) is 13.1 Å². The third-order valence-corrected chi connectivity index (χ3v) is 3.96. The minimum Gasteiger partial charge on any atom is -0.447 e. The van der Waals surface area contributed by atoms with Gasteiger partial charge >= 0.3 is 6.09 Å². The Morgan fingerprint density at radius 1 is 1.26 bits per heavy atom. The average Bonchev–Trinajstić information content (AvgIpc) is 2.39. The van der Waals surface area contributed by atoms with E-state index in [0.29, 0.717) is 5.92 Å². The zero-order chi connectivity index (χ0) is 13.8. The summed E-state index contributed by atoms with van der Waals surface area (Å²) in [4.78, 5) is 13.6. The molecule has 1 heterocycles. The van der Waals surface area contributed by atoms with Crippen LogP contribution in [-0.2, 0) is 4.74 Å². The first-order chi connectivity index (χ1) is 9.06. The first-order valence-corrected chi connectivity index (χ1v) is 7.56. The SMILES string of the molecule is CC(C)OC(=O)N1CCC(c2ccc(Br)cc2)CC1. The van der Waals surface area contributed by atoms with Gasteiger partial charge in [0.25, 0.3) is 0 Å². The van der Waals surface area contributed by atoms with E-state index in [2.05, 4.69) is 40.2 Å². The molecule has 1 fully saturated rings. The van der Waals surface area contributed by atoms with Gasteiger partial charge in [0, 0.05) is 17.6 Å². The number of likely N-dealkylation sites (tertiary alicyclic amines) is 1. The van der Waals surface area contributed by atoms with E-state index in [-0.39, 0.29) is 12.2 Å². The van der Waals surface area contributed by atoms with Gasteiger partial charge in [-0.15, -0.1) is 0 Å². The van der Waals surface area contributed by atoms with Gasteiger partial charge in [0.05, 0.1) is 6.10 Å². The highest BCUT2D eigenvalue weighted by Gasteiger charge is 2.24. The summed E-state index contributed by atoms with van der Waals surface area (Å²) < 4.78 is 6.33. The Bertz CT molecular complexity index is 422. The number of piperidine rings is 1. The predicted octanol–water partition coefficient (Wildman–Crippen LogP) is 4.17. The number of ether oxygens (including phenoxy) is 1. The van der Waals surface area contributed by atoms with Crippen LogP contribution in [0.25, 0.3) is 0 Å². The second-order valence-electron chi connectivity index (χ2n) is 5.25. The van der Waals surface area contributed by atoms with Crippen molar-refractivity contribution in [2.45, 2.75) is 38.7 Å². The number of nitrogens with zero attached hydrogens (tertiary/aromatic N) is 1. The maximum absolute atomic E-state index is 11.8. The van der Waals surface area contributed by atoms with Gasteiger partial charge in [0.2, 0.25) is 0 Å². The topological polar surface area (TPSA) is 29.5 Å². The molecule has 0 saturated carbocycles. The lowest BCUT2D eigenvalue weighted by atomic mass is 9.90. The third kappa shape index (κ3) is 3.96. The number of carbonyl (C=O) groups excluding carboxylic acids is 1. The first-order valence-electron chi connectivity index (χ1n) is 6.77. The van der Waals surface area contributed by atoms with Gasteiger partial charge in [-0.2, -0.15) is 0 Å². The number of hydrogen-bond acceptors (Lipinski definition) is 2. The molecule has 104 valence electrons. The standard InChI is InChI=1S/C15H20BrNO2/c1-11(2)19-15(18)17-9-7-13(8-10-17)12-3-5-14(16)6-4-12/h3-6,11,13H,7-10H2,1-2H3. The van der Waals surface area contributed by atoms with Gasteiger partial charge in [0.15, 0.2) is 0 Å². The predicted molar refractivity (Wildman–Crippen MR) is 79.3 cm³/mol. The number of hydrogen-bond donors (Lipinski definition) is 0. The van der Waals surface area contributed by atoms with Crippen molar-refractivity contribution in [1.82, 2.24) is 4.90 Å². The zero-order valence-electron chi connectivity index (χ0n) is 11.4. The molecule has 1 aliphatic heterocycles. The van der Waals surface area contributed by atoms with Crippen LogP contribution >= 0.6 is 15.9 Å². The molecule has 0 radical (unpaired) electrons. The van der Waals surface area contributed by atoms with Crippen LogP contribution in [0.2, 0.25) is 0 Å². The summed E-state index contributed by atoms with van der Waals surface area (Å²) in [5.74, 6) is 0.552. The Labute approximate surface area is 123 Å². The number of amides is 1.